The summed E-state index contributed by atoms with van der Waals surface area (Å²) in [7, 11) is 0. The molecule has 7 heteroatoms. The molecule has 4 aromatic rings. The number of hydrogen-bond acceptors (Lipinski definition) is 6. The molecule has 0 aliphatic carbocycles. The summed E-state index contributed by atoms with van der Waals surface area (Å²) in [6, 6.07) is 24.8. The van der Waals surface area contributed by atoms with Crippen molar-refractivity contribution in [3.05, 3.63) is 84.6 Å². The maximum atomic E-state index is 12.5. The third-order valence-corrected chi connectivity index (χ3v) is 4.96. The second-order valence-corrected chi connectivity index (χ2v) is 7.33. The standard InChI is InChI=1S/C25H21N3O4/c29-25(27-20-9-7-19(8-10-20)26-18-4-2-1-3-5-18)16-21-15-23(32-28-21)17-6-11-22-24(14-17)31-13-12-30-22/h1-11,14-15,26H,12-13,16H2,(H,27,29). The number of aromatic nitrogens is 1. The van der Waals surface area contributed by atoms with E-state index in [2.05, 4.69) is 15.8 Å². The van der Waals surface area contributed by atoms with Gasteiger partial charge in [-0.05, 0) is 54.6 Å². The fraction of sp³-hybridized carbons (Fsp3) is 0.120. The lowest BCUT2D eigenvalue weighted by molar-refractivity contribution is -0.115. The zero-order valence-electron chi connectivity index (χ0n) is 17.2. The molecule has 7 nitrogen and oxygen atoms in total. The third-order valence-electron chi connectivity index (χ3n) is 4.96. The normalized spacial score (nSPS) is 12.2. The van der Waals surface area contributed by atoms with Crippen LogP contribution in [0.1, 0.15) is 5.69 Å². The lowest BCUT2D eigenvalue weighted by atomic mass is 10.1. The minimum absolute atomic E-state index is 0.109. The molecule has 0 radical (unpaired) electrons. The summed E-state index contributed by atoms with van der Waals surface area (Å²) < 4.78 is 16.6. The molecular weight excluding hydrogens is 406 g/mol. The Kier molecular flexibility index (Phi) is 5.45. The van der Waals surface area contributed by atoms with E-state index in [1.165, 1.54) is 0 Å². The Bertz CT molecular complexity index is 1220. The van der Waals surface area contributed by atoms with Crippen LogP contribution in [0.5, 0.6) is 11.5 Å². The minimum Gasteiger partial charge on any atom is -0.486 e. The van der Waals surface area contributed by atoms with Gasteiger partial charge in [-0.3, -0.25) is 4.79 Å². The van der Waals surface area contributed by atoms with Gasteiger partial charge in [0, 0.05) is 28.7 Å². The van der Waals surface area contributed by atoms with Crippen molar-refractivity contribution in [3.8, 4) is 22.8 Å². The zero-order chi connectivity index (χ0) is 21.8. The summed E-state index contributed by atoms with van der Waals surface area (Å²) in [4.78, 5) is 12.5. The summed E-state index contributed by atoms with van der Waals surface area (Å²) in [5, 5.41) is 10.2. The number of nitrogens with one attached hydrogen (secondary N) is 2. The van der Waals surface area contributed by atoms with Crippen LogP contribution in [-0.2, 0) is 11.2 Å². The molecule has 1 aromatic heterocycles. The quantitative estimate of drug-likeness (QED) is 0.449. The van der Waals surface area contributed by atoms with Crippen molar-refractivity contribution in [2.45, 2.75) is 6.42 Å². The molecule has 0 saturated carbocycles. The molecule has 2 N–H and O–H groups in total. The number of carbonyl (C=O) groups is 1. The van der Waals surface area contributed by atoms with E-state index in [4.69, 9.17) is 14.0 Å². The predicted octanol–water partition coefficient (Wildman–Crippen LogP) is 5.04. The molecule has 1 aliphatic heterocycles. The first-order valence-corrected chi connectivity index (χ1v) is 10.3. The molecule has 160 valence electrons. The SMILES string of the molecule is O=C(Cc1cc(-c2ccc3c(c2)OCCO3)on1)Nc1ccc(Nc2ccccc2)cc1. The first-order valence-electron chi connectivity index (χ1n) is 10.3. The fourth-order valence-corrected chi connectivity index (χ4v) is 3.42. The molecule has 0 fully saturated rings. The molecule has 1 amide bonds. The fourth-order valence-electron chi connectivity index (χ4n) is 3.42. The van der Waals surface area contributed by atoms with Gasteiger partial charge in [-0.2, -0.15) is 0 Å². The van der Waals surface area contributed by atoms with Crippen LogP contribution in [0.15, 0.2) is 83.4 Å². The van der Waals surface area contributed by atoms with Crippen LogP contribution < -0.4 is 20.1 Å². The van der Waals surface area contributed by atoms with E-state index in [9.17, 15) is 4.79 Å². The molecule has 2 heterocycles. The minimum atomic E-state index is -0.171. The average molecular weight is 427 g/mol. The van der Waals surface area contributed by atoms with E-state index < -0.39 is 0 Å². The topological polar surface area (TPSA) is 85.6 Å². The Morgan fingerprint density at radius 3 is 2.34 bits per heavy atom. The molecular formula is C25H21N3O4. The first kappa shape index (κ1) is 19.7. The van der Waals surface area contributed by atoms with Crippen LogP contribution in [0.25, 0.3) is 11.3 Å². The summed E-state index contributed by atoms with van der Waals surface area (Å²) in [6.07, 6.45) is 0.109. The van der Waals surface area contributed by atoms with E-state index in [0.717, 1.165) is 16.9 Å². The number of benzene rings is 3. The van der Waals surface area contributed by atoms with Crippen LogP contribution in [0.4, 0.5) is 17.1 Å². The number of hydrogen-bond donors (Lipinski definition) is 2. The molecule has 32 heavy (non-hydrogen) atoms. The van der Waals surface area contributed by atoms with Gasteiger partial charge < -0.3 is 24.6 Å². The van der Waals surface area contributed by atoms with Gasteiger partial charge in [0.15, 0.2) is 17.3 Å². The van der Waals surface area contributed by atoms with Gasteiger partial charge >= 0.3 is 0 Å². The third kappa shape index (κ3) is 4.57. The number of nitrogens with zero attached hydrogens (tertiary/aromatic N) is 1. The lowest BCUT2D eigenvalue weighted by Crippen LogP contribution is -2.15. The molecule has 3 aromatic carbocycles. The van der Waals surface area contributed by atoms with Crippen molar-refractivity contribution < 1.29 is 18.8 Å². The highest BCUT2D eigenvalue weighted by Crippen LogP contribution is 2.34. The van der Waals surface area contributed by atoms with Crippen LogP contribution in [0, 0.1) is 0 Å². The summed E-state index contributed by atoms with van der Waals surface area (Å²) in [5.74, 6) is 1.79. The van der Waals surface area contributed by atoms with Gasteiger partial charge in [0.25, 0.3) is 0 Å². The van der Waals surface area contributed by atoms with Gasteiger partial charge in [0.05, 0.1) is 12.1 Å². The van der Waals surface area contributed by atoms with Crippen molar-refractivity contribution >= 4 is 23.0 Å². The molecule has 0 atom stereocenters. The number of carbonyl (C=O) groups excluding carboxylic acids is 1. The smallest absolute Gasteiger partial charge is 0.230 e. The summed E-state index contributed by atoms with van der Waals surface area (Å²) >= 11 is 0. The van der Waals surface area contributed by atoms with E-state index in [0.29, 0.717) is 41.9 Å². The van der Waals surface area contributed by atoms with Crippen LogP contribution >= 0.6 is 0 Å². The highest BCUT2D eigenvalue weighted by Gasteiger charge is 2.16. The van der Waals surface area contributed by atoms with Crippen LogP contribution in [0.3, 0.4) is 0 Å². The largest absolute Gasteiger partial charge is 0.486 e. The number of amides is 1. The molecule has 0 unspecified atom stereocenters. The monoisotopic (exact) mass is 427 g/mol. The second-order valence-electron chi connectivity index (χ2n) is 7.33. The predicted molar refractivity (Wildman–Crippen MR) is 121 cm³/mol. The van der Waals surface area contributed by atoms with Crippen molar-refractivity contribution in [2.75, 3.05) is 23.8 Å². The Hall–Kier alpha value is -4.26. The summed E-state index contributed by atoms with van der Waals surface area (Å²) in [6.45, 7) is 1.06. The maximum Gasteiger partial charge on any atom is 0.230 e. The van der Waals surface area contributed by atoms with Gasteiger partial charge in [0.2, 0.25) is 5.91 Å². The van der Waals surface area contributed by atoms with Crippen molar-refractivity contribution in [1.29, 1.82) is 0 Å². The molecule has 1 aliphatic rings. The highest BCUT2D eigenvalue weighted by molar-refractivity contribution is 5.92. The van der Waals surface area contributed by atoms with E-state index >= 15 is 0 Å². The second kappa shape index (κ2) is 8.85. The maximum absolute atomic E-state index is 12.5. The van der Waals surface area contributed by atoms with Gasteiger partial charge in [-0.1, -0.05) is 23.4 Å². The Morgan fingerprint density at radius 2 is 1.53 bits per heavy atom. The van der Waals surface area contributed by atoms with E-state index in [1.54, 1.807) is 6.07 Å². The van der Waals surface area contributed by atoms with E-state index in [-0.39, 0.29) is 12.3 Å². The van der Waals surface area contributed by atoms with Gasteiger partial charge in [-0.25, -0.2) is 0 Å². The van der Waals surface area contributed by atoms with Crippen molar-refractivity contribution in [3.63, 3.8) is 0 Å². The highest BCUT2D eigenvalue weighted by atomic mass is 16.6. The molecule has 0 saturated heterocycles. The Balaban J connectivity index is 1.19. The average Bonchev–Trinajstić information content (AvgIpc) is 3.29. The van der Waals surface area contributed by atoms with Crippen LogP contribution in [0.2, 0.25) is 0 Å². The summed E-state index contributed by atoms with van der Waals surface area (Å²) in [5.41, 5.74) is 4.02. The number of para-hydroxylation sites is 1. The van der Waals surface area contributed by atoms with E-state index in [1.807, 2.05) is 72.8 Å². The number of anilines is 3. The van der Waals surface area contributed by atoms with Gasteiger partial charge in [0.1, 0.15) is 13.2 Å². The van der Waals surface area contributed by atoms with Crippen LogP contribution in [-0.4, -0.2) is 24.3 Å². The zero-order valence-corrected chi connectivity index (χ0v) is 17.2. The van der Waals surface area contributed by atoms with Gasteiger partial charge in [-0.15, -0.1) is 0 Å². The van der Waals surface area contributed by atoms with Crippen molar-refractivity contribution in [1.82, 2.24) is 5.16 Å². The lowest BCUT2D eigenvalue weighted by Gasteiger charge is -2.18. The Labute approximate surface area is 185 Å². The molecule has 0 bridgehead atoms. The first-order chi connectivity index (χ1) is 15.7. The molecule has 5 rings (SSSR count). The van der Waals surface area contributed by atoms with Crippen molar-refractivity contribution in [2.24, 2.45) is 0 Å². The number of rotatable bonds is 6. The number of fused-ring (bicyclic) bond motifs is 1. The molecule has 0 spiro atoms. The number of ether oxygens (including phenoxy) is 2. The Morgan fingerprint density at radius 1 is 0.812 bits per heavy atom.